The number of hydrogen-bond acceptors (Lipinski definition) is 4. The smallest absolute Gasteiger partial charge is 0.338 e. The standard InChI is InChI=1S/C20H18ClN3O3/c1-13-11-12-22-24(13)18-9-3-15(4-10-18)20(26)27-14(2)19(25)23-17-7-5-16(21)6-8-17/h3-12,14H,1-2H3,(H,23,25)/t14-/m0/s1. The van der Waals surface area contributed by atoms with Crippen LogP contribution in [0.3, 0.4) is 0 Å². The molecule has 3 rings (SSSR count). The maximum absolute atomic E-state index is 12.3. The summed E-state index contributed by atoms with van der Waals surface area (Å²) in [5.41, 5.74) is 2.75. The van der Waals surface area contributed by atoms with E-state index in [2.05, 4.69) is 10.4 Å². The molecule has 0 bridgehead atoms. The lowest BCUT2D eigenvalue weighted by Crippen LogP contribution is -2.30. The van der Waals surface area contributed by atoms with Crippen LogP contribution < -0.4 is 5.32 Å². The molecule has 138 valence electrons. The van der Waals surface area contributed by atoms with Gasteiger partial charge in [0.25, 0.3) is 5.91 Å². The minimum atomic E-state index is -0.943. The first-order valence-electron chi connectivity index (χ1n) is 8.32. The summed E-state index contributed by atoms with van der Waals surface area (Å²) in [6.07, 6.45) is 0.764. The lowest BCUT2D eigenvalue weighted by atomic mass is 10.2. The van der Waals surface area contributed by atoms with Crippen molar-refractivity contribution in [3.63, 3.8) is 0 Å². The number of carbonyl (C=O) groups excluding carboxylic acids is 2. The number of aryl methyl sites for hydroxylation is 1. The molecule has 0 saturated heterocycles. The monoisotopic (exact) mass is 383 g/mol. The van der Waals surface area contributed by atoms with Crippen molar-refractivity contribution >= 4 is 29.2 Å². The summed E-state index contributed by atoms with van der Waals surface area (Å²) < 4.78 is 7.01. The Kier molecular flexibility index (Phi) is 5.57. The van der Waals surface area contributed by atoms with Crippen molar-refractivity contribution in [2.75, 3.05) is 5.32 Å². The Bertz CT molecular complexity index is 949. The Labute approximate surface area is 161 Å². The zero-order valence-electron chi connectivity index (χ0n) is 14.8. The van der Waals surface area contributed by atoms with Gasteiger partial charge in [-0.2, -0.15) is 5.10 Å². The van der Waals surface area contributed by atoms with E-state index in [0.717, 1.165) is 11.4 Å². The van der Waals surface area contributed by atoms with Crippen LogP contribution >= 0.6 is 11.6 Å². The van der Waals surface area contributed by atoms with Crippen molar-refractivity contribution in [1.29, 1.82) is 0 Å². The molecule has 7 heteroatoms. The van der Waals surface area contributed by atoms with Crippen molar-refractivity contribution in [3.05, 3.63) is 77.1 Å². The lowest BCUT2D eigenvalue weighted by Gasteiger charge is -2.14. The number of aromatic nitrogens is 2. The van der Waals surface area contributed by atoms with Crippen molar-refractivity contribution in [2.24, 2.45) is 0 Å². The van der Waals surface area contributed by atoms with E-state index in [1.54, 1.807) is 59.4 Å². The number of amides is 1. The highest BCUT2D eigenvalue weighted by Crippen LogP contribution is 2.15. The maximum atomic E-state index is 12.3. The van der Waals surface area contributed by atoms with Crippen LogP contribution in [0.1, 0.15) is 23.0 Å². The third kappa shape index (κ3) is 4.54. The predicted octanol–water partition coefficient (Wildman–Crippen LogP) is 4.02. The van der Waals surface area contributed by atoms with Gasteiger partial charge in [-0.3, -0.25) is 4.79 Å². The van der Waals surface area contributed by atoms with Gasteiger partial charge in [0, 0.05) is 22.6 Å². The molecule has 2 aromatic carbocycles. The number of ether oxygens (including phenoxy) is 1. The zero-order chi connectivity index (χ0) is 19.4. The van der Waals surface area contributed by atoms with Crippen molar-refractivity contribution < 1.29 is 14.3 Å². The third-order valence-electron chi connectivity index (χ3n) is 3.94. The van der Waals surface area contributed by atoms with Crippen LogP contribution in [-0.4, -0.2) is 27.8 Å². The fourth-order valence-electron chi connectivity index (χ4n) is 2.44. The van der Waals surface area contributed by atoms with Crippen molar-refractivity contribution in [3.8, 4) is 5.69 Å². The molecule has 1 atom stereocenters. The molecule has 0 unspecified atom stereocenters. The van der Waals surface area contributed by atoms with Gasteiger partial charge in [0.05, 0.1) is 11.3 Å². The highest BCUT2D eigenvalue weighted by atomic mass is 35.5. The molecule has 0 aliphatic rings. The Morgan fingerprint density at radius 2 is 1.74 bits per heavy atom. The van der Waals surface area contributed by atoms with E-state index in [9.17, 15) is 9.59 Å². The fourth-order valence-corrected chi connectivity index (χ4v) is 2.56. The number of esters is 1. The normalized spacial score (nSPS) is 11.7. The van der Waals surface area contributed by atoms with Gasteiger partial charge >= 0.3 is 5.97 Å². The summed E-state index contributed by atoms with van der Waals surface area (Å²) >= 11 is 5.81. The Balaban J connectivity index is 1.61. The van der Waals surface area contributed by atoms with Gasteiger partial charge in [-0.25, -0.2) is 9.48 Å². The SMILES string of the molecule is Cc1ccnn1-c1ccc(C(=O)O[C@@H](C)C(=O)Nc2ccc(Cl)cc2)cc1. The van der Waals surface area contributed by atoms with Gasteiger partial charge in [-0.05, 0) is 68.4 Å². The molecule has 0 aliphatic heterocycles. The van der Waals surface area contributed by atoms with Crippen LogP contribution in [0.5, 0.6) is 0 Å². The minimum absolute atomic E-state index is 0.356. The quantitative estimate of drug-likeness (QED) is 0.675. The molecule has 0 spiro atoms. The Morgan fingerprint density at radius 3 is 2.33 bits per heavy atom. The van der Waals surface area contributed by atoms with E-state index in [-0.39, 0.29) is 0 Å². The van der Waals surface area contributed by atoms with E-state index in [1.165, 1.54) is 6.92 Å². The molecule has 27 heavy (non-hydrogen) atoms. The first kappa shape index (κ1) is 18.7. The van der Waals surface area contributed by atoms with E-state index in [0.29, 0.717) is 16.3 Å². The molecule has 6 nitrogen and oxygen atoms in total. The molecule has 1 heterocycles. The Hall–Kier alpha value is -3.12. The van der Waals surface area contributed by atoms with E-state index in [1.807, 2.05) is 13.0 Å². The van der Waals surface area contributed by atoms with Crippen molar-refractivity contribution in [1.82, 2.24) is 9.78 Å². The van der Waals surface area contributed by atoms with Crippen LogP contribution in [-0.2, 0) is 9.53 Å². The average Bonchev–Trinajstić information content (AvgIpc) is 3.09. The Morgan fingerprint density at radius 1 is 1.07 bits per heavy atom. The largest absolute Gasteiger partial charge is 0.449 e. The molecule has 0 saturated carbocycles. The summed E-state index contributed by atoms with van der Waals surface area (Å²) in [6.45, 7) is 3.46. The van der Waals surface area contributed by atoms with Gasteiger partial charge < -0.3 is 10.1 Å². The molecule has 0 aliphatic carbocycles. The maximum Gasteiger partial charge on any atom is 0.338 e. The topological polar surface area (TPSA) is 73.2 Å². The molecule has 0 radical (unpaired) electrons. The van der Waals surface area contributed by atoms with Crippen LogP contribution in [0.2, 0.25) is 5.02 Å². The second-order valence-corrected chi connectivity index (χ2v) is 6.41. The lowest BCUT2D eigenvalue weighted by molar-refractivity contribution is -0.123. The summed E-state index contributed by atoms with van der Waals surface area (Å²) in [5, 5.41) is 7.46. The highest BCUT2D eigenvalue weighted by Gasteiger charge is 2.19. The van der Waals surface area contributed by atoms with Gasteiger partial charge in [0.15, 0.2) is 6.10 Å². The summed E-state index contributed by atoms with van der Waals surface area (Å²) in [5.74, 6) is -0.994. The number of rotatable bonds is 5. The first-order chi connectivity index (χ1) is 12.9. The second kappa shape index (κ2) is 8.05. The van der Waals surface area contributed by atoms with Crippen LogP contribution in [0, 0.1) is 6.92 Å². The first-order valence-corrected chi connectivity index (χ1v) is 8.70. The zero-order valence-corrected chi connectivity index (χ0v) is 15.6. The predicted molar refractivity (Wildman–Crippen MR) is 103 cm³/mol. The minimum Gasteiger partial charge on any atom is -0.449 e. The fraction of sp³-hybridized carbons (Fsp3) is 0.150. The van der Waals surface area contributed by atoms with Gasteiger partial charge in [-0.1, -0.05) is 11.6 Å². The van der Waals surface area contributed by atoms with E-state index >= 15 is 0 Å². The second-order valence-electron chi connectivity index (χ2n) is 5.97. The number of hydrogen-bond donors (Lipinski definition) is 1. The number of carbonyl (C=O) groups is 2. The molecule has 0 fully saturated rings. The van der Waals surface area contributed by atoms with Gasteiger partial charge in [0.1, 0.15) is 0 Å². The van der Waals surface area contributed by atoms with E-state index in [4.69, 9.17) is 16.3 Å². The molecular weight excluding hydrogens is 366 g/mol. The molecular formula is C20H18ClN3O3. The third-order valence-corrected chi connectivity index (χ3v) is 4.20. The number of nitrogens with one attached hydrogen (secondary N) is 1. The average molecular weight is 384 g/mol. The molecule has 1 amide bonds. The number of halogens is 1. The van der Waals surface area contributed by atoms with Gasteiger partial charge in [0.2, 0.25) is 0 Å². The van der Waals surface area contributed by atoms with Gasteiger partial charge in [-0.15, -0.1) is 0 Å². The summed E-state index contributed by atoms with van der Waals surface area (Å²) in [4.78, 5) is 24.5. The summed E-state index contributed by atoms with van der Waals surface area (Å²) in [7, 11) is 0. The number of anilines is 1. The van der Waals surface area contributed by atoms with Crippen LogP contribution in [0.25, 0.3) is 5.69 Å². The van der Waals surface area contributed by atoms with E-state index < -0.39 is 18.0 Å². The molecule has 3 aromatic rings. The molecule has 1 aromatic heterocycles. The summed E-state index contributed by atoms with van der Waals surface area (Å²) in [6, 6.07) is 15.4. The van der Waals surface area contributed by atoms with Crippen LogP contribution in [0.4, 0.5) is 5.69 Å². The molecule has 1 N–H and O–H groups in total. The highest BCUT2D eigenvalue weighted by molar-refractivity contribution is 6.30. The number of benzene rings is 2. The van der Waals surface area contributed by atoms with Crippen LogP contribution in [0.15, 0.2) is 60.8 Å². The van der Waals surface area contributed by atoms with Crippen molar-refractivity contribution in [2.45, 2.75) is 20.0 Å². The number of nitrogens with zero attached hydrogens (tertiary/aromatic N) is 2.